The summed E-state index contributed by atoms with van der Waals surface area (Å²) in [5, 5.41) is 22.0. The Morgan fingerprint density at radius 1 is 1.23 bits per heavy atom. The van der Waals surface area contributed by atoms with Crippen LogP contribution in [0.15, 0.2) is 18.6 Å². The zero-order valence-corrected chi connectivity index (χ0v) is 15.3. The van der Waals surface area contributed by atoms with E-state index in [0.717, 1.165) is 43.5 Å². The summed E-state index contributed by atoms with van der Waals surface area (Å²) in [5.74, 6) is 3.04. The molecule has 8 heteroatoms. The maximum absolute atomic E-state index is 10.4. The standard InChI is InChI=1S/C18H27N7O/c1-24-12-21-23-17(24)13-9-14(15(26)10-13)11-20-16-5-6-19-18(22-16)25-7-3-2-4-8-25/h5-6,12-15,26H,2-4,7-11H2,1H3,(H,19,20,22)/t13-,14+,15+/m0/s1. The lowest BCUT2D eigenvalue weighted by Gasteiger charge is -2.26. The van der Waals surface area contributed by atoms with Crippen LogP contribution < -0.4 is 10.2 Å². The van der Waals surface area contributed by atoms with Gasteiger partial charge in [0.25, 0.3) is 0 Å². The van der Waals surface area contributed by atoms with Gasteiger partial charge in [0.2, 0.25) is 5.95 Å². The minimum Gasteiger partial charge on any atom is -0.393 e. The number of aryl methyl sites for hydroxylation is 1. The monoisotopic (exact) mass is 357 g/mol. The van der Waals surface area contributed by atoms with Crippen molar-refractivity contribution in [1.82, 2.24) is 24.7 Å². The van der Waals surface area contributed by atoms with Crippen molar-refractivity contribution in [3.05, 3.63) is 24.4 Å². The van der Waals surface area contributed by atoms with Gasteiger partial charge < -0.3 is 19.9 Å². The van der Waals surface area contributed by atoms with Crippen molar-refractivity contribution in [2.24, 2.45) is 13.0 Å². The Kier molecular flexibility index (Phi) is 5.01. The molecule has 1 aliphatic heterocycles. The maximum Gasteiger partial charge on any atom is 0.227 e. The summed E-state index contributed by atoms with van der Waals surface area (Å²) in [4.78, 5) is 11.3. The highest BCUT2D eigenvalue weighted by atomic mass is 16.3. The largest absolute Gasteiger partial charge is 0.393 e. The van der Waals surface area contributed by atoms with E-state index in [4.69, 9.17) is 0 Å². The molecule has 140 valence electrons. The van der Waals surface area contributed by atoms with Crippen molar-refractivity contribution in [2.45, 2.75) is 44.1 Å². The predicted molar refractivity (Wildman–Crippen MR) is 99.1 cm³/mol. The second kappa shape index (κ2) is 7.57. The van der Waals surface area contributed by atoms with Crippen molar-refractivity contribution in [3.63, 3.8) is 0 Å². The van der Waals surface area contributed by atoms with Gasteiger partial charge in [0.1, 0.15) is 18.0 Å². The van der Waals surface area contributed by atoms with Gasteiger partial charge in [-0.2, -0.15) is 4.98 Å². The molecule has 1 aliphatic carbocycles. The van der Waals surface area contributed by atoms with E-state index in [-0.39, 0.29) is 17.9 Å². The first-order valence-corrected chi connectivity index (χ1v) is 9.54. The summed E-state index contributed by atoms with van der Waals surface area (Å²) in [7, 11) is 1.95. The van der Waals surface area contributed by atoms with Crippen molar-refractivity contribution >= 4 is 11.8 Å². The van der Waals surface area contributed by atoms with E-state index in [2.05, 4.69) is 30.4 Å². The van der Waals surface area contributed by atoms with Gasteiger partial charge in [-0.1, -0.05) is 0 Å². The third kappa shape index (κ3) is 3.65. The van der Waals surface area contributed by atoms with Crippen LogP contribution in [0, 0.1) is 5.92 Å². The minimum absolute atomic E-state index is 0.185. The average Bonchev–Trinajstić information content (AvgIpc) is 3.26. The Labute approximate surface area is 153 Å². The fourth-order valence-electron chi connectivity index (χ4n) is 4.12. The number of aromatic nitrogens is 5. The van der Waals surface area contributed by atoms with E-state index in [1.165, 1.54) is 19.3 Å². The number of anilines is 2. The van der Waals surface area contributed by atoms with Gasteiger partial charge in [0, 0.05) is 44.7 Å². The number of hydrogen-bond acceptors (Lipinski definition) is 7. The van der Waals surface area contributed by atoms with Crippen molar-refractivity contribution in [1.29, 1.82) is 0 Å². The number of aliphatic hydroxyl groups excluding tert-OH is 1. The first-order valence-electron chi connectivity index (χ1n) is 9.54. The fourth-order valence-corrected chi connectivity index (χ4v) is 4.12. The van der Waals surface area contributed by atoms with Gasteiger partial charge >= 0.3 is 0 Å². The molecule has 2 aromatic rings. The van der Waals surface area contributed by atoms with Crippen molar-refractivity contribution in [2.75, 3.05) is 29.9 Å². The highest BCUT2D eigenvalue weighted by Gasteiger charge is 2.35. The third-order valence-electron chi connectivity index (χ3n) is 5.60. The normalized spacial score (nSPS) is 26.2. The number of nitrogens with zero attached hydrogens (tertiary/aromatic N) is 6. The minimum atomic E-state index is -0.326. The second-order valence-corrected chi connectivity index (χ2v) is 7.47. The van der Waals surface area contributed by atoms with E-state index < -0.39 is 0 Å². The second-order valence-electron chi connectivity index (χ2n) is 7.47. The number of nitrogens with one attached hydrogen (secondary N) is 1. The SMILES string of the molecule is Cn1cnnc1[C@H]1C[C@H](CNc2ccnc(N3CCCCC3)n2)[C@H](O)C1. The lowest BCUT2D eigenvalue weighted by Crippen LogP contribution is -2.31. The molecule has 26 heavy (non-hydrogen) atoms. The highest BCUT2D eigenvalue weighted by Crippen LogP contribution is 2.37. The lowest BCUT2D eigenvalue weighted by atomic mass is 10.0. The van der Waals surface area contributed by atoms with Gasteiger partial charge in [0.15, 0.2) is 0 Å². The van der Waals surface area contributed by atoms with E-state index in [0.29, 0.717) is 6.54 Å². The molecule has 2 aliphatic rings. The molecule has 3 heterocycles. The maximum atomic E-state index is 10.4. The summed E-state index contributed by atoms with van der Waals surface area (Å²) < 4.78 is 1.95. The molecule has 0 aromatic carbocycles. The molecule has 3 atom stereocenters. The molecule has 0 bridgehead atoms. The van der Waals surface area contributed by atoms with Gasteiger partial charge in [-0.05, 0) is 38.2 Å². The molecular weight excluding hydrogens is 330 g/mol. The molecule has 0 spiro atoms. The van der Waals surface area contributed by atoms with Crippen LogP contribution in [0.5, 0.6) is 0 Å². The molecule has 2 aromatic heterocycles. The van der Waals surface area contributed by atoms with Crippen LogP contribution in [0.2, 0.25) is 0 Å². The predicted octanol–water partition coefficient (Wildman–Crippen LogP) is 1.56. The fraction of sp³-hybridized carbons (Fsp3) is 0.667. The molecular formula is C18H27N7O. The van der Waals surface area contributed by atoms with Crippen LogP contribution in [-0.4, -0.2) is 55.6 Å². The van der Waals surface area contributed by atoms with Gasteiger partial charge in [0.05, 0.1) is 6.10 Å². The molecule has 0 radical (unpaired) electrons. The summed E-state index contributed by atoms with van der Waals surface area (Å²) in [6, 6.07) is 1.90. The Morgan fingerprint density at radius 3 is 2.85 bits per heavy atom. The lowest BCUT2D eigenvalue weighted by molar-refractivity contribution is 0.137. The molecule has 1 saturated heterocycles. The smallest absolute Gasteiger partial charge is 0.227 e. The Morgan fingerprint density at radius 2 is 2.08 bits per heavy atom. The number of hydrogen-bond donors (Lipinski definition) is 2. The Balaban J connectivity index is 1.36. The van der Waals surface area contributed by atoms with Crippen LogP contribution in [0.3, 0.4) is 0 Å². The van der Waals surface area contributed by atoms with E-state index in [1.807, 2.05) is 23.9 Å². The Bertz CT molecular complexity index is 728. The number of aliphatic hydroxyl groups is 1. The summed E-state index contributed by atoms with van der Waals surface area (Å²) in [6.45, 7) is 2.76. The third-order valence-corrected chi connectivity index (χ3v) is 5.60. The molecule has 8 nitrogen and oxygen atoms in total. The van der Waals surface area contributed by atoms with Crippen LogP contribution >= 0.6 is 0 Å². The van der Waals surface area contributed by atoms with E-state index in [9.17, 15) is 5.11 Å². The molecule has 2 fully saturated rings. The molecule has 1 saturated carbocycles. The summed E-state index contributed by atoms with van der Waals surface area (Å²) in [5.41, 5.74) is 0. The van der Waals surface area contributed by atoms with Crippen LogP contribution in [-0.2, 0) is 7.05 Å². The number of piperidine rings is 1. The first-order chi connectivity index (χ1) is 12.7. The van der Waals surface area contributed by atoms with Crippen LogP contribution in [0.1, 0.15) is 43.8 Å². The molecule has 4 rings (SSSR count). The van der Waals surface area contributed by atoms with Gasteiger partial charge in [-0.25, -0.2) is 4.98 Å². The van der Waals surface area contributed by atoms with Crippen LogP contribution in [0.4, 0.5) is 11.8 Å². The Hall–Kier alpha value is -2.22. The van der Waals surface area contributed by atoms with E-state index in [1.54, 1.807) is 6.33 Å². The highest BCUT2D eigenvalue weighted by molar-refractivity contribution is 5.41. The molecule has 2 N–H and O–H groups in total. The summed E-state index contributed by atoms with van der Waals surface area (Å²) >= 11 is 0. The van der Waals surface area contributed by atoms with Gasteiger partial charge in [-0.15, -0.1) is 10.2 Å². The zero-order chi connectivity index (χ0) is 17.9. The molecule has 0 unspecified atom stereocenters. The first kappa shape index (κ1) is 17.2. The molecule has 0 amide bonds. The average molecular weight is 357 g/mol. The van der Waals surface area contributed by atoms with Crippen molar-refractivity contribution in [3.8, 4) is 0 Å². The zero-order valence-electron chi connectivity index (χ0n) is 15.3. The van der Waals surface area contributed by atoms with Crippen molar-refractivity contribution < 1.29 is 5.11 Å². The van der Waals surface area contributed by atoms with E-state index >= 15 is 0 Å². The van der Waals surface area contributed by atoms with Crippen LogP contribution in [0.25, 0.3) is 0 Å². The summed E-state index contributed by atoms with van der Waals surface area (Å²) in [6.07, 6.45) is 8.56. The van der Waals surface area contributed by atoms with Gasteiger partial charge in [-0.3, -0.25) is 0 Å². The topological polar surface area (TPSA) is 92.0 Å². The quantitative estimate of drug-likeness (QED) is 0.839. The number of rotatable bonds is 5.